The van der Waals surface area contributed by atoms with Gasteiger partial charge < -0.3 is 9.90 Å². The van der Waals surface area contributed by atoms with Crippen molar-refractivity contribution in [1.29, 1.82) is 0 Å². The van der Waals surface area contributed by atoms with Crippen LogP contribution in [0.15, 0.2) is 0 Å². The molecule has 0 bridgehead atoms. The molecule has 54 valence electrons. The Balaban J connectivity index is 0.000001000. The molecule has 0 unspecified atom stereocenters. The zero-order valence-corrected chi connectivity index (χ0v) is 7.14. The van der Waals surface area contributed by atoms with Crippen molar-refractivity contribution in [3.05, 3.63) is 10.0 Å². The van der Waals surface area contributed by atoms with E-state index in [0.29, 0.717) is 5.01 Å². The molecule has 0 N–H and O–H groups in total. The third-order valence-electron chi connectivity index (χ3n) is 0.863. The Morgan fingerprint density at radius 1 is 1.64 bits per heavy atom. The Bertz CT molecular complexity index is 250. The average Bonchev–Trinajstić information content (AvgIpc) is 2.13. The molecule has 0 aliphatic rings. The SMILES string of the molecule is Cc1nnc(CC(=O)[O-])s1.[Li+]. The first-order chi connectivity index (χ1) is 4.68. The van der Waals surface area contributed by atoms with Gasteiger partial charge in [-0.2, -0.15) is 0 Å². The van der Waals surface area contributed by atoms with E-state index in [-0.39, 0.29) is 25.3 Å². The number of aryl methyl sites for hydroxylation is 1. The standard InChI is InChI=1S/C5H6N2O2S.Li/c1-3-6-7-4(10-3)2-5(8)9;/h2H2,1H3,(H,8,9);/q;+1/p-1. The summed E-state index contributed by atoms with van der Waals surface area (Å²) >= 11 is 1.27. The molecule has 6 heteroatoms. The van der Waals surface area contributed by atoms with Gasteiger partial charge in [0.15, 0.2) is 0 Å². The van der Waals surface area contributed by atoms with Crippen LogP contribution in [0.1, 0.15) is 10.0 Å². The predicted molar refractivity (Wildman–Crippen MR) is 33.4 cm³/mol. The van der Waals surface area contributed by atoms with Crippen LogP contribution in [0.5, 0.6) is 0 Å². The van der Waals surface area contributed by atoms with Crippen LogP contribution in [0.4, 0.5) is 0 Å². The van der Waals surface area contributed by atoms with Gasteiger partial charge in [0.1, 0.15) is 10.0 Å². The number of hydrogen-bond donors (Lipinski definition) is 0. The van der Waals surface area contributed by atoms with E-state index in [4.69, 9.17) is 0 Å². The number of carbonyl (C=O) groups excluding carboxylic acids is 1. The first-order valence-corrected chi connectivity index (χ1v) is 3.49. The number of rotatable bonds is 2. The number of aromatic nitrogens is 2. The molecular weight excluding hydrogens is 159 g/mol. The molecule has 1 aromatic heterocycles. The predicted octanol–water partition coefficient (Wildman–Crippen LogP) is -3.86. The van der Waals surface area contributed by atoms with E-state index in [1.54, 1.807) is 6.92 Å². The summed E-state index contributed by atoms with van der Waals surface area (Å²) in [6.07, 6.45) is -0.133. The second-order valence-corrected chi connectivity index (χ2v) is 3.03. The summed E-state index contributed by atoms with van der Waals surface area (Å²) in [4.78, 5) is 10.0. The summed E-state index contributed by atoms with van der Waals surface area (Å²) in [7, 11) is 0. The molecule has 0 radical (unpaired) electrons. The minimum atomic E-state index is -1.11. The normalized spacial score (nSPS) is 8.82. The molecule has 0 spiro atoms. The fraction of sp³-hybridized carbons (Fsp3) is 0.400. The molecule has 0 aliphatic carbocycles. The molecule has 1 heterocycles. The summed E-state index contributed by atoms with van der Waals surface area (Å²) in [6.45, 7) is 1.77. The number of carboxylic acid groups (broad SMARTS) is 1. The second kappa shape index (κ2) is 4.49. The molecule has 0 saturated heterocycles. The Morgan fingerprint density at radius 2 is 2.27 bits per heavy atom. The van der Waals surface area contributed by atoms with Gasteiger partial charge in [-0.15, -0.1) is 21.5 Å². The van der Waals surface area contributed by atoms with Gasteiger partial charge in [-0.25, -0.2) is 0 Å². The van der Waals surface area contributed by atoms with Crippen molar-refractivity contribution in [3.63, 3.8) is 0 Å². The van der Waals surface area contributed by atoms with Crippen LogP contribution in [0, 0.1) is 6.92 Å². The zero-order valence-electron chi connectivity index (χ0n) is 6.33. The molecule has 0 amide bonds. The van der Waals surface area contributed by atoms with Gasteiger partial charge in [0.2, 0.25) is 0 Å². The first-order valence-electron chi connectivity index (χ1n) is 2.67. The second-order valence-electron chi connectivity index (χ2n) is 1.76. The van der Waals surface area contributed by atoms with E-state index in [0.717, 1.165) is 5.01 Å². The van der Waals surface area contributed by atoms with Crippen molar-refractivity contribution in [2.24, 2.45) is 0 Å². The third kappa shape index (κ3) is 3.51. The maximum atomic E-state index is 10.0. The Morgan fingerprint density at radius 3 is 2.64 bits per heavy atom. The molecule has 1 rings (SSSR count). The smallest absolute Gasteiger partial charge is 0.550 e. The fourth-order valence-corrected chi connectivity index (χ4v) is 1.23. The molecular formula is C5H5LiN2O2S. The molecule has 0 fully saturated rings. The Labute approximate surface area is 79.8 Å². The minimum Gasteiger partial charge on any atom is -0.550 e. The van der Waals surface area contributed by atoms with Crippen molar-refractivity contribution >= 4 is 17.3 Å². The molecule has 0 aliphatic heterocycles. The van der Waals surface area contributed by atoms with E-state index < -0.39 is 5.97 Å². The first kappa shape index (κ1) is 10.6. The zero-order chi connectivity index (χ0) is 7.56. The van der Waals surface area contributed by atoms with Crippen LogP contribution < -0.4 is 24.0 Å². The van der Waals surface area contributed by atoms with E-state index in [1.807, 2.05) is 0 Å². The van der Waals surface area contributed by atoms with Gasteiger partial charge in [0.25, 0.3) is 0 Å². The van der Waals surface area contributed by atoms with E-state index in [1.165, 1.54) is 11.3 Å². The summed E-state index contributed by atoms with van der Waals surface area (Å²) < 4.78 is 0. The summed E-state index contributed by atoms with van der Waals surface area (Å²) in [5.41, 5.74) is 0. The van der Waals surface area contributed by atoms with Crippen molar-refractivity contribution in [2.45, 2.75) is 13.3 Å². The van der Waals surface area contributed by atoms with Gasteiger partial charge in [-0.3, -0.25) is 0 Å². The van der Waals surface area contributed by atoms with Crippen LogP contribution in [-0.2, 0) is 11.2 Å². The maximum Gasteiger partial charge on any atom is 1.00 e. The molecule has 0 saturated carbocycles. The Hall–Kier alpha value is -0.373. The third-order valence-corrected chi connectivity index (χ3v) is 1.70. The van der Waals surface area contributed by atoms with Crippen molar-refractivity contribution in [1.82, 2.24) is 10.2 Å². The van der Waals surface area contributed by atoms with Gasteiger partial charge in [0.05, 0.1) is 0 Å². The molecule has 4 nitrogen and oxygen atoms in total. The largest absolute Gasteiger partial charge is 1.00 e. The van der Waals surface area contributed by atoms with Crippen LogP contribution in [-0.4, -0.2) is 16.2 Å². The van der Waals surface area contributed by atoms with E-state index in [9.17, 15) is 9.90 Å². The van der Waals surface area contributed by atoms with Gasteiger partial charge in [0, 0.05) is 12.4 Å². The quantitative estimate of drug-likeness (QED) is 0.420. The summed E-state index contributed by atoms with van der Waals surface area (Å²) in [5.74, 6) is -1.11. The van der Waals surface area contributed by atoms with Crippen LogP contribution >= 0.6 is 11.3 Å². The maximum absolute atomic E-state index is 10.0. The van der Waals surface area contributed by atoms with Gasteiger partial charge >= 0.3 is 18.9 Å². The van der Waals surface area contributed by atoms with Crippen LogP contribution in [0.2, 0.25) is 0 Å². The van der Waals surface area contributed by atoms with Crippen LogP contribution in [0.3, 0.4) is 0 Å². The number of aliphatic carboxylic acids is 1. The molecule has 1 aromatic rings. The summed E-state index contributed by atoms with van der Waals surface area (Å²) in [6, 6.07) is 0. The fourth-order valence-electron chi connectivity index (χ4n) is 0.532. The number of carboxylic acids is 1. The van der Waals surface area contributed by atoms with Crippen LogP contribution in [0.25, 0.3) is 0 Å². The average molecular weight is 164 g/mol. The minimum absolute atomic E-state index is 0. The Kier molecular flexibility index (Phi) is 4.34. The molecule has 0 atom stereocenters. The monoisotopic (exact) mass is 164 g/mol. The molecule has 0 aromatic carbocycles. The van der Waals surface area contributed by atoms with Crippen molar-refractivity contribution in [2.75, 3.05) is 0 Å². The number of carbonyl (C=O) groups is 1. The number of nitrogens with zero attached hydrogens (tertiary/aromatic N) is 2. The molecule has 11 heavy (non-hydrogen) atoms. The van der Waals surface area contributed by atoms with Crippen molar-refractivity contribution in [3.8, 4) is 0 Å². The van der Waals surface area contributed by atoms with E-state index >= 15 is 0 Å². The van der Waals surface area contributed by atoms with E-state index in [2.05, 4.69) is 10.2 Å². The van der Waals surface area contributed by atoms with Crippen molar-refractivity contribution < 1.29 is 28.8 Å². The summed E-state index contributed by atoms with van der Waals surface area (Å²) in [5, 5.41) is 18.5. The number of hydrogen-bond acceptors (Lipinski definition) is 5. The van der Waals surface area contributed by atoms with Gasteiger partial charge in [-0.05, 0) is 6.92 Å². The topological polar surface area (TPSA) is 65.9 Å². The van der Waals surface area contributed by atoms with Gasteiger partial charge in [-0.1, -0.05) is 0 Å².